The third-order valence-electron chi connectivity index (χ3n) is 21.1. The third-order valence-corrected chi connectivity index (χ3v) is 22.8. The second-order valence-electron chi connectivity index (χ2n) is 29.0. The summed E-state index contributed by atoms with van der Waals surface area (Å²) in [5.41, 5.74) is 4.25. The summed E-state index contributed by atoms with van der Waals surface area (Å²) < 4.78 is 71.6. The number of imide groups is 1. The van der Waals surface area contributed by atoms with Gasteiger partial charge in [0.2, 0.25) is 18.1 Å². The molecule has 3 aromatic heterocycles. The number of hydrogen-bond acceptors (Lipinski definition) is 24. The molecule has 572 valence electrons. The molecule has 5 fully saturated rings. The fourth-order valence-electron chi connectivity index (χ4n) is 16.5. The Morgan fingerprint density at radius 2 is 1.64 bits per heavy atom. The van der Waals surface area contributed by atoms with Crippen LogP contribution in [-0.4, -0.2) is 223 Å². The number of para-hydroxylation sites is 1. The van der Waals surface area contributed by atoms with Crippen LogP contribution >= 0.6 is 11.3 Å². The number of thiazole rings is 1. The Morgan fingerprint density at radius 3 is 2.39 bits per heavy atom. The number of fused-ring (bicyclic) bond motifs is 2. The van der Waals surface area contributed by atoms with Crippen LogP contribution in [0.25, 0.3) is 21.3 Å². The maximum absolute atomic E-state index is 13.8. The second kappa shape index (κ2) is 31.7. The van der Waals surface area contributed by atoms with Gasteiger partial charge in [0, 0.05) is 98.9 Å². The summed E-state index contributed by atoms with van der Waals surface area (Å²) >= 11 is 1.40. The Labute approximate surface area is 619 Å². The average Bonchev–Trinajstić information content (AvgIpc) is 1.50. The van der Waals surface area contributed by atoms with E-state index in [0.717, 1.165) is 76.2 Å². The number of pyridine rings is 1. The Kier molecular flexibility index (Phi) is 22.9. The molecule has 7 aliphatic rings. The molecule has 10 atom stereocenters. The van der Waals surface area contributed by atoms with Crippen LogP contribution in [-0.2, 0) is 79.2 Å². The molecule has 6 aromatic rings. The van der Waals surface area contributed by atoms with E-state index in [9.17, 15) is 76.9 Å². The van der Waals surface area contributed by atoms with Crippen LogP contribution in [0.1, 0.15) is 115 Å². The minimum absolute atomic E-state index is 0.0537. The molecule has 1 saturated heterocycles. The molecule has 3 aliphatic heterocycles. The number of likely N-dealkylation sites (N-methyl/N-ethyl adjacent to an activating group) is 1. The number of rotatable bonds is 33. The van der Waals surface area contributed by atoms with Crippen molar-refractivity contribution in [2.75, 3.05) is 75.6 Å². The van der Waals surface area contributed by atoms with E-state index in [1.54, 1.807) is 25.4 Å². The number of nitrogens with one attached hydrogen (secondary N) is 3. The van der Waals surface area contributed by atoms with Crippen molar-refractivity contribution in [3.05, 3.63) is 125 Å². The summed E-state index contributed by atoms with van der Waals surface area (Å²) in [6.45, 7) is 7.47. The van der Waals surface area contributed by atoms with E-state index in [1.807, 2.05) is 59.0 Å². The van der Waals surface area contributed by atoms with Crippen molar-refractivity contribution in [3.8, 4) is 22.6 Å². The fraction of sp³-hybridized carbons (Fsp3) is 0.493. The van der Waals surface area contributed by atoms with E-state index in [0.29, 0.717) is 72.1 Å². The van der Waals surface area contributed by atoms with Crippen molar-refractivity contribution in [2.45, 2.75) is 147 Å². The molecule has 3 aromatic carbocycles. The van der Waals surface area contributed by atoms with E-state index >= 15 is 0 Å². The van der Waals surface area contributed by atoms with E-state index in [4.69, 9.17) is 38.5 Å². The van der Waals surface area contributed by atoms with Gasteiger partial charge in [-0.25, -0.2) is 24.4 Å². The van der Waals surface area contributed by atoms with Crippen LogP contribution in [0.5, 0.6) is 11.5 Å². The molecule has 9 N–H and O–H groups in total. The van der Waals surface area contributed by atoms with Crippen LogP contribution in [0, 0.1) is 23.2 Å². The highest BCUT2D eigenvalue weighted by molar-refractivity contribution is 7.85. The van der Waals surface area contributed by atoms with Crippen molar-refractivity contribution >= 4 is 90.2 Å². The lowest BCUT2D eigenvalue weighted by molar-refractivity contribution is -0.271. The molecule has 4 bridgehead atoms. The first kappa shape index (κ1) is 77.1. The first-order valence-electron chi connectivity index (χ1n) is 35.2. The van der Waals surface area contributed by atoms with Crippen LogP contribution in [0.2, 0.25) is 0 Å². The van der Waals surface area contributed by atoms with E-state index in [2.05, 4.69) is 34.8 Å². The average molecular weight is 1520 g/mol. The molecule has 4 unspecified atom stereocenters. The lowest BCUT2D eigenvalue weighted by Crippen LogP contribution is -2.61. The number of hydrogen-bond donors (Lipinski definition) is 9. The lowest BCUT2D eigenvalue weighted by atomic mass is 9.65. The molecular formula is C73H86N10O22S2. The van der Waals surface area contributed by atoms with Gasteiger partial charge in [-0.3, -0.25) is 43.4 Å². The monoisotopic (exact) mass is 1520 g/mol. The number of anilines is 2. The van der Waals surface area contributed by atoms with Gasteiger partial charge in [-0.05, 0) is 128 Å². The van der Waals surface area contributed by atoms with Crippen LogP contribution in [0.15, 0.2) is 91.1 Å². The van der Waals surface area contributed by atoms with Gasteiger partial charge in [0.05, 0.1) is 41.8 Å². The predicted octanol–water partition coefficient (Wildman–Crippen LogP) is 5.03. The van der Waals surface area contributed by atoms with Gasteiger partial charge in [-0.1, -0.05) is 55.9 Å². The summed E-state index contributed by atoms with van der Waals surface area (Å²) in [5.74, 6) is -6.27. The number of ether oxygens (including phenoxy) is 6. The highest BCUT2D eigenvalue weighted by Crippen LogP contribution is 2.78. The van der Waals surface area contributed by atoms with Gasteiger partial charge in [-0.15, -0.1) is 0 Å². The van der Waals surface area contributed by atoms with Crippen LogP contribution < -0.4 is 30.3 Å². The number of amides is 6. The number of aliphatic hydroxyl groups excluding tert-OH is 3. The SMILES string of the molecule is Cc1c(-c2ccc(N3CCc4cccc(C(=O)Nc5nc6ccccc6s5)c4C3)nc2C(=O)O)cnn1CC12CC3(C)CC(OCCN(C)C(=O)OCc4ccc(O[C@@H]5O[C@H](C(=O)O)[C@@H](O)[C@H](O)[C@H]5O)cc4OCCOCCNC(=O)[C@H](CS(=O)(=O)O)NC(=O)CCCCCN4C(=O)C=CC4=O)(CC1(C)C3)C2. The second-order valence-corrected chi connectivity index (χ2v) is 31.5. The van der Waals surface area contributed by atoms with Gasteiger partial charge >= 0.3 is 18.0 Å². The molecule has 4 aliphatic carbocycles. The Bertz CT molecular complexity index is 4520. The van der Waals surface area contributed by atoms with Crippen molar-refractivity contribution in [1.29, 1.82) is 0 Å². The maximum Gasteiger partial charge on any atom is 0.409 e. The third kappa shape index (κ3) is 17.2. The van der Waals surface area contributed by atoms with Crippen molar-refractivity contribution < 1.29 is 105 Å². The molecule has 13 rings (SSSR count). The molecular weight excluding hydrogens is 1430 g/mol. The van der Waals surface area contributed by atoms with Gasteiger partial charge in [0.1, 0.15) is 60.6 Å². The number of carbonyl (C=O) groups is 8. The van der Waals surface area contributed by atoms with E-state index in [-0.39, 0.29) is 105 Å². The number of aliphatic carboxylic acids is 1. The zero-order valence-corrected chi connectivity index (χ0v) is 61.0. The molecule has 6 heterocycles. The number of aliphatic hydroxyl groups is 3. The standard InChI is InChI=1S/C73H86N10O22S2/c1-42-48(46-18-19-54(78-58(46)65(92)93)81-25-22-43-11-10-12-47(49(43)33-81)63(90)79-68-77-50-13-7-8-14-53(50)106-68)32-75-83(42)41-72-37-70(2)36-71(72,3)39-73(38-70,40-72)103-28-26-80(4)69(96)102-34-44-16-17-45(104-67-61(89)59(87)60(88)62(105-67)66(94)95)31-52(44)101-30-29-100-27-23-74-64(91)51(35-107(97,98)99)76-55(84)15-6-5-9-24-82-56(85)20-21-57(82)86/h7-8,10-14,16-21,31-32,51,59-62,67,87-89H,5-6,9,15,22-30,33-41H2,1-4H3,(H,74,91)(H,76,84)(H,92,93)(H,94,95)(H,77,79,90)(H,97,98,99)/t51-,59-,60-,61+,62-,67+,70?,71?,72?,73?/m0/s1. The first-order valence-corrected chi connectivity index (χ1v) is 37.6. The Morgan fingerprint density at radius 1 is 0.850 bits per heavy atom. The normalized spacial score (nSPS) is 24.5. The summed E-state index contributed by atoms with van der Waals surface area (Å²) in [5, 5.41) is 64.9. The summed E-state index contributed by atoms with van der Waals surface area (Å²) in [7, 11) is -3.18. The number of aromatic carboxylic acids is 1. The number of carboxylic acids is 2. The topological polar surface area (TPSA) is 437 Å². The van der Waals surface area contributed by atoms with Crippen LogP contribution in [0.3, 0.4) is 0 Å². The molecule has 34 heteroatoms. The molecule has 32 nitrogen and oxygen atoms in total. The highest BCUT2D eigenvalue weighted by atomic mass is 32.2. The fourth-order valence-corrected chi connectivity index (χ4v) is 18.0. The number of nitrogens with zero attached hydrogens (tertiary/aromatic N) is 7. The van der Waals surface area contributed by atoms with Crippen LogP contribution in [0.4, 0.5) is 15.7 Å². The predicted molar refractivity (Wildman–Crippen MR) is 383 cm³/mol. The largest absolute Gasteiger partial charge is 0.491 e. The summed E-state index contributed by atoms with van der Waals surface area (Å²) in [4.78, 5) is 116. The quantitative estimate of drug-likeness (QED) is 0.0148. The van der Waals surface area contributed by atoms with E-state index in [1.165, 1.54) is 34.4 Å². The zero-order chi connectivity index (χ0) is 76.3. The molecule has 107 heavy (non-hydrogen) atoms. The summed E-state index contributed by atoms with van der Waals surface area (Å²) in [6, 6.07) is 19.4. The number of carbonyl (C=O) groups excluding carboxylic acids is 6. The number of aromatic nitrogens is 4. The van der Waals surface area contributed by atoms with Gasteiger partial charge in [0.25, 0.3) is 27.8 Å². The van der Waals surface area contributed by atoms with Crippen molar-refractivity contribution in [3.63, 3.8) is 0 Å². The Hall–Kier alpha value is -9.52. The molecule has 4 saturated carbocycles. The molecule has 6 amide bonds. The summed E-state index contributed by atoms with van der Waals surface area (Å²) in [6.07, 6.45) is -0.444. The lowest BCUT2D eigenvalue weighted by Gasteiger charge is -2.46. The molecule has 0 radical (unpaired) electrons. The Balaban J connectivity index is 0.640. The minimum Gasteiger partial charge on any atom is -0.491 e. The maximum atomic E-state index is 13.8. The highest BCUT2D eigenvalue weighted by Gasteiger charge is 2.74. The number of unbranched alkanes of at least 4 members (excludes halogenated alkanes) is 2. The minimum atomic E-state index is -4.74. The molecule has 0 spiro atoms. The first-order chi connectivity index (χ1) is 50.9. The van der Waals surface area contributed by atoms with Crippen molar-refractivity contribution in [1.82, 2.24) is 40.2 Å². The zero-order valence-electron chi connectivity index (χ0n) is 59.3. The van der Waals surface area contributed by atoms with Gasteiger partial charge < -0.3 is 74.4 Å². The number of benzene rings is 3. The number of carboxylic acid groups (broad SMARTS) is 2. The van der Waals surface area contributed by atoms with Gasteiger partial charge in [0.15, 0.2) is 16.9 Å². The smallest absolute Gasteiger partial charge is 0.409 e. The van der Waals surface area contributed by atoms with E-state index < -0.39 is 99.9 Å². The van der Waals surface area contributed by atoms with Gasteiger partial charge in [-0.2, -0.15) is 13.5 Å². The van der Waals surface area contributed by atoms with Crippen molar-refractivity contribution in [2.24, 2.45) is 16.2 Å².